The summed E-state index contributed by atoms with van der Waals surface area (Å²) in [5.41, 5.74) is 6.84. The van der Waals surface area contributed by atoms with Crippen LogP contribution in [0.3, 0.4) is 0 Å². The number of oxime groups is 1. The number of amidine groups is 1. The summed E-state index contributed by atoms with van der Waals surface area (Å²) >= 11 is 1.63. The molecule has 0 spiro atoms. The predicted molar refractivity (Wildman–Crippen MR) is 84.6 cm³/mol. The normalized spacial score (nSPS) is 19.1. The van der Waals surface area contributed by atoms with Gasteiger partial charge in [-0.15, -0.1) is 11.8 Å². The Bertz CT molecular complexity index is 522. The van der Waals surface area contributed by atoms with E-state index in [4.69, 9.17) is 10.9 Å². The van der Waals surface area contributed by atoms with E-state index in [1.165, 1.54) is 10.5 Å². The Morgan fingerprint density at radius 2 is 2.29 bits per heavy atom. The maximum atomic E-state index is 12.7. The number of hydrogen-bond acceptors (Lipinski definition) is 4. The summed E-state index contributed by atoms with van der Waals surface area (Å²) < 4.78 is 0. The first-order chi connectivity index (χ1) is 10.1. The number of carbonyl (C=O) groups excluding carboxylic acids is 1. The number of nitrogens with zero attached hydrogens (tertiary/aromatic N) is 2. The number of amides is 1. The van der Waals surface area contributed by atoms with Crippen molar-refractivity contribution >= 4 is 23.5 Å². The first kappa shape index (κ1) is 15.7. The Hall–Kier alpha value is -1.69. The maximum Gasteiger partial charge on any atom is 0.236 e. The molecule has 1 heterocycles. The molecular formula is C15H21N3O2S. The highest BCUT2D eigenvalue weighted by molar-refractivity contribution is 8.01. The summed E-state index contributed by atoms with van der Waals surface area (Å²) in [5, 5.41) is 11.7. The standard InChI is InChI=1S/C15H21N3O2S/c1-3-18(9-10(2)14(16)17-20)15(19)13-8-11-6-4-5-7-12(11)21-13/h4-7,10,13,20H,3,8-9H2,1-2H3,(H2,16,17). The number of fused-ring (bicyclic) bond motifs is 1. The lowest BCUT2D eigenvalue weighted by Gasteiger charge is -2.26. The van der Waals surface area contributed by atoms with Crippen molar-refractivity contribution in [2.75, 3.05) is 13.1 Å². The third kappa shape index (κ3) is 3.50. The maximum absolute atomic E-state index is 12.7. The van der Waals surface area contributed by atoms with Crippen molar-refractivity contribution in [1.82, 2.24) is 4.90 Å². The second kappa shape index (κ2) is 6.85. The average molecular weight is 307 g/mol. The fraction of sp³-hybridized carbons (Fsp3) is 0.467. The van der Waals surface area contributed by atoms with Gasteiger partial charge in [0.1, 0.15) is 5.84 Å². The Morgan fingerprint density at radius 3 is 2.90 bits per heavy atom. The van der Waals surface area contributed by atoms with Crippen LogP contribution in [-0.2, 0) is 11.2 Å². The van der Waals surface area contributed by atoms with E-state index in [0.29, 0.717) is 13.1 Å². The molecule has 0 saturated heterocycles. The summed E-state index contributed by atoms with van der Waals surface area (Å²) in [6.07, 6.45) is 0.772. The molecule has 5 nitrogen and oxygen atoms in total. The molecule has 0 radical (unpaired) electrons. The SMILES string of the molecule is CCN(CC(C)C(N)=NO)C(=O)C1Cc2ccccc2S1. The van der Waals surface area contributed by atoms with E-state index in [9.17, 15) is 4.79 Å². The Balaban J connectivity index is 2.02. The minimum absolute atomic E-state index is 0.0677. The molecule has 1 aliphatic heterocycles. The number of carbonyl (C=O) groups is 1. The zero-order chi connectivity index (χ0) is 15.4. The van der Waals surface area contributed by atoms with Crippen molar-refractivity contribution < 1.29 is 10.0 Å². The van der Waals surface area contributed by atoms with Crippen LogP contribution >= 0.6 is 11.8 Å². The molecule has 1 aromatic carbocycles. The van der Waals surface area contributed by atoms with Gasteiger partial charge in [0.15, 0.2) is 0 Å². The van der Waals surface area contributed by atoms with E-state index in [1.807, 2.05) is 26.0 Å². The van der Waals surface area contributed by atoms with Gasteiger partial charge < -0.3 is 15.8 Å². The predicted octanol–water partition coefficient (Wildman–Crippen LogP) is 1.93. The van der Waals surface area contributed by atoms with Crippen LogP contribution < -0.4 is 5.73 Å². The van der Waals surface area contributed by atoms with Gasteiger partial charge in [0.25, 0.3) is 0 Å². The molecule has 6 heteroatoms. The highest BCUT2D eigenvalue weighted by Crippen LogP contribution is 2.37. The first-order valence-electron chi connectivity index (χ1n) is 7.07. The lowest BCUT2D eigenvalue weighted by molar-refractivity contribution is -0.130. The monoisotopic (exact) mass is 307 g/mol. The molecule has 1 amide bonds. The minimum atomic E-state index is -0.160. The molecule has 0 saturated carbocycles. The van der Waals surface area contributed by atoms with E-state index in [1.54, 1.807) is 16.7 Å². The molecule has 2 atom stereocenters. The van der Waals surface area contributed by atoms with Gasteiger partial charge in [0.2, 0.25) is 5.91 Å². The smallest absolute Gasteiger partial charge is 0.236 e. The van der Waals surface area contributed by atoms with Gasteiger partial charge in [-0.25, -0.2) is 0 Å². The van der Waals surface area contributed by atoms with E-state index in [2.05, 4.69) is 17.3 Å². The van der Waals surface area contributed by atoms with Gasteiger partial charge in [0, 0.05) is 23.9 Å². The van der Waals surface area contributed by atoms with E-state index >= 15 is 0 Å². The zero-order valence-corrected chi connectivity index (χ0v) is 13.1. The number of hydrogen-bond donors (Lipinski definition) is 2. The van der Waals surface area contributed by atoms with E-state index in [-0.39, 0.29) is 22.9 Å². The molecule has 3 N–H and O–H groups in total. The van der Waals surface area contributed by atoms with Crippen LogP contribution in [0.1, 0.15) is 19.4 Å². The molecule has 0 fully saturated rings. The number of rotatable bonds is 5. The van der Waals surface area contributed by atoms with Crippen LogP contribution in [0, 0.1) is 5.92 Å². The number of nitrogens with two attached hydrogens (primary N) is 1. The van der Waals surface area contributed by atoms with Crippen molar-refractivity contribution in [1.29, 1.82) is 0 Å². The van der Waals surface area contributed by atoms with Crippen LogP contribution in [0.5, 0.6) is 0 Å². The van der Waals surface area contributed by atoms with Crippen LogP contribution in [0.4, 0.5) is 0 Å². The van der Waals surface area contributed by atoms with Crippen molar-refractivity contribution in [2.24, 2.45) is 16.8 Å². The second-order valence-corrected chi connectivity index (χ2v) is 6.47. The first-order valence-corrected chi connectivity index (χ1v) is 7.95. The topological polar surface area (TPSA) is 78.9 Å². The molecule has 21 heavy (non-hydrogen) atoms. The number of thioether (sulfide) groups is 1. The minimum Gasteiger partial charge on any atom is -0.409 e. The summed E-state index contributed by atoms with van der Waals surface area (Å²) in [6, 6.07) is 8.13. The Kier molecular flexibility index (Phi) is 5.12. The van der Waals surface area contributed by atoms with Crippen LogP contribution in [-0.4, -0.2) is 40.2 Å². The van der Waals surface area contributed by atoms with Crippen LogP contribution in [0.25, 0.3) is 0 Å². The Morgan fingerprint density at radius 1 is 1.57 bits per heavy atom. The van der Waals surface area contributed by atoms with Gasteiger partial charge >= 0.3 is 0 Å². The van der Waals surface area contributed by atoms with Crippen LogP contribution in [0.15, 0.2) is 34.3 Å². The molecule has 2 unspecified atom stereocenters. The lowest BCUT2D eigenvalue weighted by atomic mass is 10.1. The molecular weight excluding hydrogens is 286 g/mol. The molecule has 1 aliphatic rings. The fourth-order valence-electron chi connectivity index (χ4n) is 2.42. The molecule has 1 aromatic rings. The van der Waals surface area contributed by atoms with E-state index in [0.717, 1.165) is 6.42 Å². The summed E-state index contributed by atoms with van der Waals surface area (Å²) in [7, 11) is 0. The highest BCUT2D eigenvalue weighted by atomic mass is 32.2. The average Bonchev–Trinajstić information content (AvgIpc) is 2.94. The molecule has 0 bridgehead atoms. The van der Waals surface area contributed by atoms with Gasteiger partial charge in [-0.3, -0.25) is 4.79 Å². The third-order valence-electron chi connectivity index (χ3n) is 3.73. The van der Waals surface area contributed by atoms with Crippen LogP contribution in [0.2, 0.25) is 0 Å². The van der Waals surface area contributed by atoms with Gasteiger partial charge in [-0.1, -0.05) is 30.3 Å². The summed E-state index contributed by atoms with van der Waals surface area (Å²) in [6.45, 7) is 4.89. The molecule has 2 rings (SSSR count). The molecule has 114 valence electrons. The van der Waals surface area contributed by atoms with Gasteiger partial charge in [0.05, 0.1) is 5.25 Å². The van der Waals surface area contributed by atoms with Crippen molar-refractivity contribution in [3.8, 4) is 0 Å². The molecule has 0 aliphatic carbocycles. The second-order valence-electron chi connectivity index (χ2n) is 5.22. The lowest BCUT2D eigenvalue weighted by Crippen LogP contribution is -2.42. The number of benzene rings is 1. The summed E-state index contributed by atoms with van der Waals surface area (Å²) in [4.78, 5) is 15.6. The third-order valence-corrected chi connectivity index (χ3v) is 5.04. The molecule has 0 aromatic heterocycles. The largest absolute Gasteiger partial charge is 0.409 e. The van der Waals surface area contributed by atoms with Crippen molar-refractivity contribution in [2.45, 2.75) is 30.4 Å². The van der Waals surface area contributed by atoms with Gasteiger partial charge in [-0.05, 0) is 25.0 Å². The van der Waals surface area contributed by atoms with E-state index < -0.39 is 0 Å². The van der Waals surface area contributed by atoms with Gasteiger partial charge in [-0.2, -0.15) is 0 Å². The van der Waals surface area contributed by atoms with Crippen molar-refractivity contribution in [3.05, 3.63) is 29.8 Å². The Labute approximate surface area is 129 Å². The fourth-order valence-corrected chi connectivity index (χ4v) is 3.70. The zero-order valence-electron chi connectivity index (χ0n) is 12.3. The quantitative estimate of drug-likeness (QED) is 0.377. The highest BCUT2D eigenvalue weighted by Gasteiger charge is 2.31. The summed E-state index contributed by atoms with van der Waals surface area (Å²) in [5.74, 6) is 0.118. The van der Waals surface area contributed by atoms with Crippen molar-refractivity contribution in [3.63, 3.8) is 0 Å².